The second-order valence-electron chi connectivity index (χ2n) is 4.86. The van der Waals surface area contributed by atoms with Crippen molar-refractivity contribution in [3.63, 3.8) is 0 Å². The fourth-order valence-corrected chi connectivity index (χ4v) is 2.30. The maximum absolute atomic E-state index is 12.2. The minimum absolute atomic E-state index is 0.294. The highest BCUT2D eigenvalue weighted by molar-refractivity contribution is 6.16. The van der Waals surface area contributed by atoms with Crippen LogP contribution in [-0.2, 0) is 16.0 Å². The van der Waals surface area contributed by atoms with Gasteiger partial charge >= 0.3 is 6.03 Å². The molecule has 5 heteroatoms. The van der Waals surface area contributed by atoms with Gasteiger partial charge in [-0.1, -0.05) is 43.7 Å². The van der Waals surface area contributed by atoms with Gasteiger partial charge in [-0.25, -0.2) is 4.79 Å². The van der Waals surface area contributed by atoms with Crippen LogP contribution >= 0.6 is 0 Å². The Kier molecular flexibility index (Phi) is 4.50. The number of rotatable bonds is 5. The molecule has 1 heterocycles. The van der Waals surface area contributed by atoms with E-state index in [9.17, 15) is 14.4 Å². The normalized spacial score (nSPS) is 19.1. The van der Waals surface area contributed by atoms with Crippen molar-refractivity contribution in [3.05, 3.63) is 35.9 Å². The number of hydrogen-bond donors (Lipinski definition) is 1. The fraction of sp³-hybridized carbons (Fsp3) is 0.400. The molecule has 2 rings (SSSR count). The van der Waals surface area contributed by atoms with E-state index < -0.39 is 17.9 Å². The summed E-state index contributed by atoms with van der Waals surface area (Å²) in [5, 5.41) is 2.26. The van der Waals surface area contributed by atoms with Crippen molar-refractivity contribution in [2.45, 2.75) is 26.2 Å². The van der Waals surface area contributed by atoms with Crippen molar-refractivity contribution in [3.8, 4) is 0 Å². The maximum atomic E-state index is 12.2. The molecule has 1 aromatic carbocycles. The molecule has 1 aliphatic heterocycles. The molecule has 0 aromatic heterocycles. The molecule has 1 fully saturated rings. The molecule has 1 aliphatic rings. The lowest BCUT2D eigenvalue weighted by molar-refractivity contribution is -0.142. The Morgan fingerprint density at radius 1 is 1.15 bits per heavy atom. The van der Waals surface area contributed by atoms with E-state index in [1.807, 2.05) is 37.3 Å². The third kappa shape index (κ3) is 3.04. The number of amides is 4. The second kappa shape index (κ2) is 6.32. The number of nitrogens with zero attached hydrogens (tertiary/aromatic N) is 1. The summed E-state index contributed by atoms with van der Waals surface area (Å²) in [6, 6.07) is 9.02. The summed E-state index contributed by atoms with van der Waals surface area (Å²) in [5.41, 5.74) is 1.05. The molecule has 20 heavy (non-hydrogen) atoms. The Labute approximate surface area is 118 Å². The Balaban J connectivity index is 2.04. The monoisotopic (exact) mass is 274 g/mol. The Morgan fingerprint density at radius 2 is 1.85 bits per heavy atom. The predicted octanol–water partition coefficient (Wildman–Crippen LogP) is 1.72. The van der Waals surface area contributed by atoms with E-state index in [4.69, 9.17) is 0 Å². The summed E-state index contributed by atoms with van der Waals surface area (Å²) >= 11 is 0. The first-order valence-electron chi connectivity index (χ1n) is 6.83. The smallest absolute Gasteiger partial charge is 0.277 e. The van der Waals surface area contributed by atoms with Gasteiger partial charge in [0.05, 0.1) is 0 Å². The van der Waals surface area contributed by atoms with E-state index in [0.29, 0.717) is 19.4 Å². The van der Waals surface area contributed by atoms with E-state index >= 15 is 0 Å². The van der Waals surface area contributed by atoms with Gasteiger partial charge in [-0.3, -0.25) is 19.8 Å². The summed E-state index contributed by atoms with van der Waals surface area (Å²) in [6.07, 6.45) is 1.79. The van der Waals surface area contributed by atoms with Crippen LogP contribution in [-0.4, -0.2) is 29.3 Å². The standard InChI is InChI=1S/C15H18N2O3/c1-2-6-12-13(18)16-15(20)17(14(12)19)10-9-11-7-4-3-5-8-11/h3-5,7-8,12H,2,6,9-10H2,1H3,(H,16,18,20). The van der Waals surface area contributed by atoms with Gasteiger partial charge in [0.1, 0.15) is 5.92 Å². The highest BCUT2D eigenvalue weighted by atomic mass is 16.2. The summed E-state index contributed by atoms with van der Waals surface area (Å²) in [5.74, 6) is -1.58. The first kappa shape index (κ1) is 14.2. The predicted molar refractivity (Wildman–Crippen MR) is 73.8 cm³/mol. The minimum Gasteiger partial charge on any atom is -0.277 e. The Hall–Kier alpha value is -2.17. The summed E-state index contributed by atoms with van der Waals surface area (Å²) in [7, 11) is 0. The number of hydrogen-bond acceptors (Lipinski definition) is 3. The SMILES string of the molecule is CCCC1C(=O)NC(=O)N(CCc2ccccc2)C1=O. The van der Waals surface area contributed by atoms with Crippen molar-refractivity contribution in [1.29, 1.82) is 0 Å². The number of carbonyl (C=O) groups is 3. The van der Waals surface area contributed by atoms with Gasteiger partial charge < -0.3 is 0 Å². The van der Waals surface area contributed by atoms with E-state index in [1.54, 1.807) is 0 Å². The number of nitrogens with one attached hydrogen (secondary N) is 1. The highest BCUT2D eigenvalue weighted by Gasteiger charge is 2.39. The lowest BCUT2D eigenvalue weighted by Gasteiger charge is -2.30. The van der Waals surface area contributed by atoms with Crippen molar-refractivity contribution in [2.75, 3.05) is 6.54 Å². The van der Waals surface area contributed by atoms with Gasteiger partial charge in [0.2, 0.25) is 11.8 Å². The molecule has 0 radical (unpaired) electrons. The average molecular weight is 274 g/mol. The molecule has 1 N–H and O–H groups in total. The van der Waals surface area contributed by atoms with E-state index in [2.05, 4.69) is 5.32 Å². The van der Waals surface area contributed by atoms with E-state index in [1.165, 1.54) is 0 Å². The van der Waals surface area contributed by atoms with Gasteiger partial charge in [0.15, 0.2) is 0 Å². The summed E-state index contributed by atoms with van der Waals surface area (Å²) < 4.78 is 0. The first-order valence-corrected chi connectivity index (χ1v) is 6.83. The van der Waals surface area contributed by atoms with Gasteiger partial charge in [-0.05, 0) is 18.4 Å². The van der Waals surface area contributed by atoms with Crippen LogP contribution < -0.4 is 5.32 Å². The number of barbiturate groups is 1. The van der Waals surface area contributed by atoms with Gasteiger partial charge in [-0.15, -0.1) is 0 Å². The van der Waals surface area contributed by atoms with Crippen molar-refractivity contribution in [1.82, 2.24) is 10.2 Å². The topological polar surface area (TPSA) is 66.5 Å². The lowest BCUT2D eigenvalue weighted by atomic mass is 9.99. The molecule has 0 bridgehead atoms. The van der Waals surface area contributed by atoms with Gasteiger partial charge in [0, 0.05) is 6.54 Å². The third-order valence-electron chi connectivity index (χ3n) is 3.40. The second-order valence-corrected chi connectivity index (χ2v) is 4.86. The van der Waals surface area contributed by atoms with Gasteiger partial charge in [-0.2, -0.15) is 0 Å². The largest absolute Gasteiger partial charge is 0.330 e. The number of urea groups is 1. The van der Waals surface area contributed by atoms with Crippen molar-refractivity contribution < 1.29 is 14.4 Å². The van der Waals surface area contributed by atoms with Crippen molar-refractivity contribution >= 4 is 17.8 Å². The molecular weight excluding hydrogens is 256 g/mol. The highest BCUT2D eigenvalue weighted by Crippen LogP contribution is 2.16. The van der Waals surface area contributed by atoms with Gasteiger partial charge in [0.25, 0.3) is 0 Å². The van der Waals surface area contributed by atoms with Crippen LogP contribution in [0.4, 0.5) is 4.79 Å². The van der Waals surface area contributed by atoms with E-state index in [0.717, 1.165) is 16.9 Å². The van der Waals surface area contributed by atoms with Crippen molar-refractivity contribution in [2.24, 2.45) is 5.92 Å². The maximum Gasteiger partial charge on any atom is 0.330 e. The van der Waals surface area contributed by atoms with E-state index in [-0.39, 0.29) is 5.91 Å². The molecule has 1 aromatic rings. The minimum atomic E-state index is -0.728. The zero-order chi connectivity index (χ0) is 14.5. The lowest BCUT2D eigenvalue weighted by Crippen LogP contribution is -2.58. The van der Waals surface area contributed by atoms with Crippen LogP contribution in [0.15, 0.2) is 30.3 Å². The number of imide groups is 2. The van der Waals surface area contributed by atoms with Crippen LogP contribution in [0.5, 0.6) is 0 Å². The summed E-state index contributed by atoms with van der Waals surface area (Å²) in [4.78, 5) is 36.8. The molecule has 1 saturated heterocycles. The molecule has 1 unspecified atom stereocenters. The van der Waals surface area contributed by atoms with Crippen LogP contribution in [0.25, 0.3) is 0 Å². The van der Waals surface area contributed by atoms with Crippen LogP contribution in [0.1, 0.15) is 25.3 Å². The molecule has 5 nitrogen and oxygen atoms in total. The zero-order valence-electron chi connectivity index (χ0n) is 11.5. The average Bonchev–Trinajstić information content (AvgIpc) is 2.44. The molecule has 0 spiro atoms. The number of benzene rings is 1. The Bertz CT molecular complexity index is 513. The first-order chi connectivity index (χ1) is 9.63. The zero-order valence-corrected chi connectivity index (χ0v) is 11.5. The molecule has 106 valence electrons. The third-order valence-corrected chi connectivity index (χ3v) is 3.40. The molecule has 0 saturated carbocycles. The number of carbonyl (C=O) groups excluding carboxylic acids is 3. The Morgan fingerprint density at radius 3 is 2.50 bits per heavy atom. The molecule has 0 aliphatic carbocycles. The van der Waals surface area contributed by atoms with Crippen LogP contribution in [0.3, 0.4) is 0 Å². The molecule has 4 amide bonds. The molecular formula is C15H18N2O3. The quantitative estimate of drug-likeness (QED) is 0.831. The van der Waals surface area contributed by atoms with Crippen LogP contribution in [0.2, 0.25) is 0 Å². The summed E-state index contributed by atoms with van der Waals surface area (Å²) in [6.45, 7) is 2.20. The van der Waals surface area contributed by atoms with Crippen LogP contribution in [0, 0.1) is 5.92 Å². The fourth-order valence-electron chi connectivity index (χ4n) is 2.30. The molecule has 1 atom stereocenters.